The summed E-state index contributed by atoms with van der Waals surface area (Å²) in [6.45, 7) is 18.8. The van der Waals surface area contributed by atoms with E-state index < -0.39 is 8.07 Å². The van der Waals surface area contributed by atoms with Crippen LogP contribution in [0.5, 0.6) is 0 Å². The van der Waals surface area contributed by atoms with Gasteiger partial charge in [0.25, 0.3) is 6.33 Å². The molecule has 0 fully saturated rings. The maximum Gasteiger partial charge on any atom is 0.287 e. The number of rotatable bonds is 2. The minimum absolute atomic E-state index is 0.245. The third kappa shape index (κ3) is 3.22. The molecule has 0 aliphatic carbocycles. The van der Waals surface area contributed by atoms with E-state index in [2.05, 4.69) is 107 Å². The molecule has 0 unspecified atom stereocenters. The van der Waals surface area contributed by atoms with E-state index in [1.54, 1.807) is 0 Å². The van der Waals surface area contributed by atoms with Gasteiger partial charge in [0.2, 0.25) is 0 Å². The van der Waals surface area contributed by atoms with Crippen LogP contribution < -0.4 is 9.75 Å². The number of pyridine rings is 1. The van der Waals surface area contributed by atoms with Crippen LogP contribution in [0.25, 0.3) is 49.1 Å². The molecular weight excluding hydrogens is 442 g/mol. The van der Waals surface area contributed by atoms with Crippen molar-refractivity contribution in [2.75, 3.05) is 0 Å². The second-order valence-corrected chi connectivity index (χ2v) is 17.9. The summed E-state index contributed by atoms with van der Waals surface area (Å²) in [5, 5.41) is 6.79. The van der Waals surface area contributed by atoms with Gasteiger partial charge in [-0.25, -0.2) is 4.57 Å². The van der Waals surface area contributed by atoms with Crippen molar-refractivity contribution in [1.29, 1.82) is 0 Å². The van der Waals surface area contributed by atoms with E-state index in [0.717, 1.165) is 11.9 Å². The number of aromatic nitrogens is 3. The molecule has 0 atom stereocenters. The molecule has 3 nitrogen and oxygen atoms in total. The molecule has 0 radical (unpaired) electrons. The normalized spacial score (nSPS) is 13.4. The summed E-state index contributed by atoms with van der Waals surface area (Å²) in [4.78, 5) is 4.95. The largest absolute Gasteiger partial charge is 0.308 e. The Morgan fingerprint density at radius 2 is 1.66 bits per heavy atom. The first-order valence-corrected chi connectivity index (χ1v) is 16.3. The van der Waals surface area contributed by atoms with E-state index in [1.165, 1.54) is 65.5 Å². The molecule has 0 bridgehead atoms. The third-order valence-corrected chi connectivity index (χ3v) is 9.79. The zero-order valence-electron chi connectivity index (χ0n) is 22.6. The Hall–Kier alpha value is -2.98. The van der Waals surface area contributed by atoms with Crippen LogP contribution in [-0.2, 0) is 13.5 Å². The Bertz CT molecular complexity index is 1810. The molecule has 0 N–H and O–H groups in total. The van der Waals surface area contributed by atoms with E-state index in [-0.39, 0.29) is 5.41 Å². The van der Waals surface area contributed by atoms with Gasteiger partial charge < -0.3 is 4.40 Å². The predicted octanol–water partition coefficient (Wildman–Crippen LogP) is 6.96. The lowest BCUT2D eigenvalue weighted by atomic mass is 9.88. The molecular formula is C31H36N3Si+. The van der Waals surface area contributed by atoms with Crippen molar-refractivity contribution in [1.82, 2.24) is 9.38 Å². The molecule has 35 heavy (non-hydrogen) atoms. The molecule has 178 valence electrons. The van der Waals surface area contributed by atoms with Crippen molar-refractivity contribution in [3.63, 3.8) is 0 Å². The van der Waals surface area contributed by atoms with E-state index in [1.807, 2.05) is 6.33 Å². The first-order valence-electron chi connectivity index (χ1n) is 12.8. The summed E-state index contributed by atoms with van der Waals surface area (Å²) in [5.41, 5.74) is 10.7. The molecule has 0 amide bonds. The SMILES string of the molecule is Cc1cc2c3ccc(CC(C)(C)C)cc3n3c4cc([Si](C)(C)C)cc5nc[n+](C)c(c(c1C)c23)c54. The number of nitrogens with zero attached hydrogens (tertiary/aromatic N) is 3. The van der Waals surface area contributed by atoms with Gasteiger partial charge in [-0.3, -0.25) is 0 Å². The second-order valence-electron chi connectivity index (χ2n) is 12.9. The zero-order valence-corrected chi connectivity index (χ0v) is 23.6. The highest BCUT2D eigenvalue weighted by Crippen LogP contribution is 2.41. The fraction of sp³-hybridized carbons (Fsp3) is 0.355. The highest BCUT2D eigenvalue weighted by molar-refractivity contribution is 6.89. The lowest BCUT2D eigenvalue weighted by Gasteiger charge is -2.20. The summed E-state index contributed by atoms with van der Waals surface area (Å²) in [7, 11) is 0.595. The molecule has 6 aromatic rings. The topological polar surface area (TPSA) is 21.2 Å². The van der Waals surface area contributed by atoms with Crippen LogP contribution in [0.15, 0.2) is 42.7 Å². The van der Waals surface area contributed by atoms with Gasteiger partial charge in [0.1, 0.15) is 5.52 Å². The molecule has 0 aliphatic rings. The smallest absolute Gasteiger partial charge is 0.287 e. The molecule has 0 aliphatic heterocycles. The number of fused-ring (bicyclic) bond motifs is 5. The number of benzene rings is 3. The Balaban J connectivity index is 1.95. The molecule has 6 rings (SSSR count). The summed E-state index contributed by atoms with van der Waals surface area (Å²) in [6.07, 6.45) is 3.07. The second kappa shape index (κ2) is 7.04. The van der Waals surface area contributed by atoms with Gasteiger partial charge in [0.05, 0.1) is 42.4 Å². The van der Waals surface area contributed by atoms with Gasteiger partial charge in [-0.15, -0.1) is 0 Å². The summed E-state index contributed by atoms with van der Waals surface area (Å²) in [5.74, 6) is 0. The van der Waals surface area contributed by atoms with Gasteiger partial charge >= 0.3 is 0 Å². The van der Waals surface area contributed by atoms with Crippen molar-refractivity contribution < 1.29 is 4.57 Å². The van der Waals surface area contributed by atoms with E-state index in [4.69, 9.17) is 4.98 Å². The minimum Gasteiger partial charge on any atom is -0.308 e. The van der Waals surface area contributed by atoms with Gasteiger partial charge in [-0.1, -0.05) is 57.7 Å². The van der Waals surface area contributed by atoms with Gasteiger partial charge in [-0.05, 0) is 71.6 Å². The van der Waals surface area contributed by atoms with Crippen LogP contribution in [0, 0.1) is 19.3 Å². The number of hydrogen-bond donors (Lipinski definition) is 0. The van der Waals surface area contributed by atoms with E-state index in [0.29, 0.717) is 0 Å². The Morgan fingerprint density at radius 1 is 0.914 bits per heavy atom. The highest BCUT2D eigenvalue weighted by Gasteiger charge is 2.27. The van der Waals surface area contributed by atoms with Gasteiger partial charge in [-0.2, -0.15) is 0 Å². The summed E-state index contributed by atoms with van der Waals surface area (Å²) in [6, 6.07) is 14.4. The average molecular weight is 479 g/mol. The molecule has 0 saturated heterocycles. The van der Waals surface area contributed by atoms with Gasteiger partial charge in [0, 0.05) is 10.8 Å². The van der Waals surface area contributed by atoms with Crippen LogP contribution in [0.2, 0.25) is 19.6 Å². The molecule has 4 heteroatoms. The quantitative estimate of drug-likeness (QED) is 0.114. The van der Waals surface area contributed by atoms with E-state index >= 15 is 0 Å². The van der Waals surface area contributed by atoms with Crippen molar-refractivity contribution in [3.8, 4) is 0 Å². The van der Waals surface area contributed by atoms with Crippen molar-refractivity contribution >= 4 is 62.4 Å². The van der Waals surface area contributed by atoms with Crippen LogP contribution in [-0.4, -0.2) is 17.5 Å². The van der Waals surface area contributed by atoms with Gasteiger partial charge in [0.15, 0.2) is 5.52 Å². The van der Waals surface area contributed by atoms with Crippen LogP contribution in [0.4, 0.5) is 0 Å². The molecule has 0 spiro atoms. The Morgan fingerprint density at radius 3 is 2.34 bits per heavy atom. The Labute approximate surface area is 208 Å². The van der Waals surface area contributed by atoms with Crippen LogP contribution in [0.3, 0.4) is 0 Å². The van der Waals surface area contributed by atoms with Crippen molar-refractivity contribution in [3.05, 3.63) is 59.4 Å². The summed E-state index contributed by atoms with van der Waals surface area (Å²) >= 11 is 0. The Kier molecular flexibility index (Phi) is 4.52. The maximum absolute atomic E-state index is 4.95. The fourth-order valence-corrected chi connectivity index (χ4v) is 7.10. The number of hydrogen-bond acceptors (Lipinski definition) is 1. The highest BCUT2D eigenvalue weighted by atomic mass is 28.3. The predicted molar refractivity (Wildman–Crippen MR) is 153 cm³/mol. The lowest BCUT2D eigenvalue weighted by molar-refractivity contribution is -0.646. The third-order valence-electron chi connectivity index (χ3n) is 7.77. The monoisotopic (exact) mass is 478 g/mol. The molecule has 3 aromatic heterocycles. The first kappa shape index (κ1) is 22.5. The summed E-state index contributed by atoms with van der Waals surface area (Å²) < 4.78 is 4.80. The van der Waals surface area contributed by atoms with E-state index in [9.17, 15) is 0 Å². The maximum atomic E-state index is 4.95. The lowest BCUT2D eigenvalue weighted by Crippen LogP contribution is -2.38. The minimum atomic E-state index is -1.55. The van der Waals surface area contributed by atoms with Crippen LogP contribution in [0.1, 0.15) is 37.5 Å². The first-order chi connectivity index (χ1) is 16.3. The van der Waals surface area contributed by atoms with Crippen molar-refractivity contribution in [2.24, 2.45) is 12.5 Å². The molecule has 0 saturated carbocycles. The number of aryl methyl sites for hydroxylation is 3. The van der Waals surface area contributed by atoms with Crippen molar-refractivity contribution in [2.45, 2.75) is 60.7 Å². The zero-order chi connectivity index (χ0) is 25.0. The van der Waals surface area contributed by atoms with Crippen LogP contribution >= 0.6 is 0 Å². The average Bonchev–Trinajstić information content (AvgIpc) is 3.07. The molecule has 3 aromatic carbocycles. The fourth-order valence-electron chi connectivity index (χ4n) is 5.96. The molecule has 3 heterocycles. The standard InChI is InChI=1S/C31H36N3Si/c1-18-12-23-22-11-10-20(16-31(3,4)5)13-25(22)34-26-15-21(35(7,8)9)14-24-28(26)30(33(6)17-32-24)27(19(18)2)29(23)34/h10-15,17H,16H2,1-9H3/q+1.